The Balaban J connectivity index is 1.58. The minimum Gasteiger partial charge on any atom is -0.324 e. The molecule has 0 bridgehead atoms. The van der Waals surface area contributed by atoms with Gasteiger partial charge in [0.25, 0.3) is 11.5 Å². The number of aromatic nitrogens is 6. The van der Waals surface area contributed by atoms with Crippen LogP contribution in [-0.2, 0) is 10.3 Å². The maximum Gasteiger partial charge on any atom is 0.267 e. The number of anilines is 1. The molecule has 0 aliphatic heterocycles. The van der Waals surface area contributed by atoms with Crippen LogP contribution in [0, 0.1) is 0 Å². The maximum atomic E-state index is 13.0. The van der Waals surface area contributed by atoms with E-state index < -0.39 is 5.54 Å². The van der Waals surface area contributed by atoms with E-state index in [-0.39, 0.29) is 11.5 Å². The van der Waals surface area contributed by atoms with E-state index in [0.717, 1.165) is 10.6 Å². The highest BCUT2D eigenvalue weighted by Gasteiger charge is 2.32. The Morgan fingerprint density at radius 1 is 1.10 bits per heavy atom. The van der Waals surface area contributed by atoms with E-state index in [1.807, 2.05) is 17.5 Å². The summed E-state index contributed by atoms with van der Waals surface area (Å²) in [6.07, 6.45) is 1.48. The maximum absolute atomic E-state index is 13.0. The lowest BCUT2D eigenvalue weighted by atomic mass is 10.0. The minimum absolute atomic E-state index is 0.348. The van der Waals surface area contributed by atoms with Crippen LogP contribution in [0.2, 0.25) is 0 Å². The van der Waals surface area contributed by atoms with E-state index in [1.165, 1.54) is 33.1 Å². The average molecular weight is 407 g/mol. The predicted molar refractivity (Wildman–Crippen MR) is 109 cm³/mol. The van der Waals surface area contributed by atoms with E-state index in [0.29, 0.717) is 11.4 Å². The number of rotatable bonds is 5. The third kappa shape index (κ3) is 3.69. The van der Waals surface area contributed by atoms with Gasteiger partial charge in [0.2, 0.25) is 0 Å². The predicted octanol–water partition coefficient (Wildman–Crippen LogP) is 2.32. The number of nitrogens with zero attached hydrogens (tertiary/aromatic N) is 6. The van der Waals surface area contributed by atoms with Gasteiger partial charge < -0.3 is 5.32 Å². The second-order valence-corrected chi connectivity index (χ2v) is 7.71. The summed E-state index contributed by atoms with van der Waals surface area (Å²) in [7, 11) is 0. The summed E-state index contributed by atoms with van der Waals surface area (Å²) in [6, 6.07) is 14.0. The first-order chi connectivity index (χ1) is 13.9. The van der Waals surface area contributed by atoms with Gasteiger partial charge in [0.1, 0.15) is 17.6 Å². The SMILES string of the molecule is CC(C)(C(=O)Nc1ccc(-n2cnnn2)cc1)n1nc(-c2cccs2)ccc1=O. The summed E-state index contributed by atoms with van der Waals surface area (Å²) in [5.74, 6) is -0.356. The molecule has 0 aliphatic carbocycles. The van der Waals surface area contributed by atoms with Crippen molar-refractivity contribution in [2.75, 3.05) is 5.32 Å². The minimum atomic E-state index is -1.20. The molecular formula is C19H17N7O2S. The zero-order chi connectivity index (χ0) is 20.4. The fourth-order valence-corrected chi connectivity index (χ4v) is 3.42. The van der Waals surface area contributed by atoms with Crippen molar-refractivity contribution in [1.29, 1.82) is 0 Å². The highest BCUT2D eigenvalue weighted by Crippen LogP contribution is 2.23. The molecule has 0 spiro atoms. The Bertz CT molecular complexity index is 1180. The molecular weight excluding hydrogens is 390 g/mol. The largest absolute Gasteiger partial charge is 0.324 e. The molecule has 0 unspecified atom stereocenters. The molecule has 29 heavy (non-hydrogen) atoms. The molecule has 1 amide bonds. The van der Waals surface area contributed by atoms with Crippen LogP contribution >= 0.6 is 11.3 Å². The van der Waals surface area contributed by atoms with Crippen LogP contribution in [0.4, 0.5) is 5.69 Å². The van der Waals surface area contributed by atoms with Gasteiger partial charge in [-0.3, -0.25) is 9.59 Å². The van der Waals surface area contributed by atoms with Gasteiger partial charge in [-0.05, 0) is 66.1 Å². The number of hydrogen-bond donors (Lipinski definition) is 1. The van der Waals surface area contributed by atoms with E-state index in [4.69, 9.17) is 0 Å². The zero-order valence-corrected chi connectivity index (χ0v) is 16.5. The summed E-state index contributed by atoms with van der Waals surface area (Å²) >= 11 is 1.52. The lowest BCUT2D eigenvalue weighted by molar-refractivity contribution is -0.123. The molecule has 3 aromatic heterocycles. The van der Waals surface area contributed by atoms with E-state index >= 15 is 0 Å². The number of amides is 1. The third-order valence-electron chi connectivity index (χ3n) is 4.40. The summed E-state index contributed by atoms with van der Waals surface area (Å²) in [6.45, 7) is 3.31. The van der Waals surface area contributed by atoms with Gasteiger partial charge >= 0.3 is 0 Å². The topological polar surface area (TPSA) is 108 Å². The first kappa shape index (κ1) is 18.7. The summed E-state index contributed by atoms with van der Waals surface area (Å²) in [4.78, 5) is 26.3. The molecule has 9 nitrogen and oxygen atoms in total. The molecule has 0 atom stereocenters. The van der Waals surface area contributed by atoms with Crippen molar-refractivity contribution < 1.29 is 4.79 Å². The molecule has 0 aliphatic rings. The van der Waals surface area contributed by atoms with Crippen molar-refractivity contribution in [3.05, 3.63) is 70.6 Å². The highest BCUT2D eigenvalue weighted by atomic mass is 32.1. The van der Waals surface area contributed by atoms with Crippen LogP contribution < -0.4 is 10.9 Å². The van der Waals surface area contributed by atoms with Gasteiger partial charge in [-0.1, -0.05) is 6.07 Å². The number of carbonyl (C=O) groups excluding carboxylic acids is 1. The summed E-state index contributed by atoms with van der Waals surface area (Å²) in [5, 5.41) is 20.2. The van der Waals surface area contributed by atoms with Crippen molar-refractivity contribution in [3.8, 4) is 16.3 Å². The number of benzene rings is 1. The molecule has 10 heteroatoms. The Kier molecular flexibility index (Phi) is 4.77. The average Bonchev–Trinajstić information content (AvgIpc) is 3.43. The van der Waals surface area contributed by atoms with Gasteiger partial charge in [0.05, 0.1) is 10.6 Å². The normalized spacial score (nSPS) is 11.4. The lowest BCUT2D eigenvalue weighted by Crippen LogP contribution is -2.47. The Morgan fingerprint density at radius 2 is 1.90 bits per heavy atom. The highest BCUT2D eigenvalue weighted by molar-refractivity contribution is 7.13. The standard InChI is InChI=1S/C19H17N7O2S/c1-19(2,26-17(27)10-9-15(22-26)16-4-3-11-29-16)18(28)21-13-5-7-14(8-6-13)25-12-20-23-24-25/h3-12H,1-2H3,(H,21,28). The van der Waals surface area contributed by atoms with Crippen molar-refractivity contribution in [1.82, 2.24) is 30.0 Å². The van der Waals surface area contributed by atoms with E-state index in [2.05, 4.69) is 25.9 Å². The van der Waals surface area contributed by atoms with Crippen LogP contribution in [0.3, 0.4) is 0 Å². The van der Waals surface area contributed by atoms with E-state index in [9.17, 15) is 9.59 Å². The molecule has 0 radical (unpaired) electrons. The van der Waals surface area contributed by atoms with Crippen LogP contribution in [0.25, 0.3) is 16.3 Å². The lowest BCUT2D eigenvalue weighted by Gasteiger charge is -2.25. The van der Waals surface area contributed by atoms with E-state index in [1.54, 1.807) is 44.2 Å². The summed E-state index contributed by atoms with van der Waals surface area (Å²) in [5.41, 5.74) is 0.445. The van der Waals surface area contributed by atoms with Gasteiger partial charge in [0, 0.05) is 11.8 Å². The smallest absolute Gasteiger partial charge is 0.267 e. The monoisotopic (exact) mass is 407 g/mol. The third-order valence-corrected chi connectivity index (χ3v) is 5.29. The number of nitrogens with one attached hydrogen (secondary N) is 1. The zero-order valence-electron chi connectivity index (χ0n) is 15.7. The Labute approximate surface area is 169 Å². The number of hydrogen-bond acceptors (Lipinski definition) is 7. The van der Waals surface area contributed by atoms with Gasteiger partial charge in [0.15, 0.2) is 0 Å². The molecule has 4 aromatic rings. The molecule has 0 saturated carbocycles. The molecule has 0 fully saturated rings. The van der Waals surface area contributed by atoms with Crippen molar-refractivity contribution in [2.24, 2.45) is 0 Å². The summed E-state index contributed by atoms with van der Waals surface area (Å²) < 4.78 is 2.72. The quantitative estimate of drug-likeness (QED) is 0.544. The Morgan fingerprint density at radius 3 is 2.55 bits per heavy atom. The molecule has 1 N–H and O–H groups in total. The molecule has 146 valence electrons. The van der Waals surface area contributed by atoms with Gasteiger partial charge in [-0.2, -0.15) is 5.10 Å². The van der Waals surface area contributed by atoms with Crippen LogP contribution in [-0.4, -0.2) is 35.9 Å². The number of carbonyl (C=O) groups is 1. The van der Waals surface area contributed by atoms with Crippen molar-refractivity contribution in [3.63, 3.8) is 0 Å². The Hall–Kier alpha value is -3.66. The van der Waals surface area contributed by atoms with Crippen molar-refractivity contribution >= 4 is 22.9 Å². The fraction of sp³-hybridized carbons (Fsp3) is 0.158. The fourth-order valence-electron chi connectivity index (χ4n) is 2.72. The van der Waals surface area contributed by atoms with Crippen molar-refractivity contribution in [2.45, 2.75) is 19.4 Å². The first-order valence-corrected chi connectivity index (χ1v) is 9.63. The number of thiophene rings is 1. The molecule has 0 saturated heterocycles. The molecule has 1 aromatic carbocycles. The number of tetrazole rings is 1. The molecule has 4 rings (SSSR count). The van der Waals surface area contributed by atoms with Crippen LogP contribution in [0.5, 0.6) is 0 Å². The second-order valence-electron chi connectivity index (χ2n) is 6.76. The first-order valence-electron chi connectivity index (χ1n) is 8.75. The van der Waals surface area contributed by atoms with Crippen LogP contribution in [0.1, 0.15) is 13.8 Å². The second kappa shape index (κ2) is 7.40. The van der Waals surface area contributed by atoms with Gasteiger partial charge in [-0.25, -0.2) is 9.36 Å². The van der Waals surface area contributed by atoms with Crippen LogP contribution in [0.15, 0.2) is 65.0 Å². The molecule has 3 heterocycles. The van der Waals surface area contributed by atoms with Gasteiger partial charge in [-0.15, -0.1) is 16.4 Å².